The predicted molar refractivity (Wildman–Crippen MR) is 87.1 cm³/mol. The van der Waals surface area contributed by atoms with Crippen LogP contribution in [-0.4, -0.2) is 61.0 Å². The molecule has 0 aliphatic carbocycles. The smallest absolute Gasteiger partial charge is 0.254 e. The zero-order chi connectivity index (χ0) is 14.8. The lowest BCUT2D eigenvalue weighted by molar-refractivity contribution is 0.0773. The van der Waals surface area contributed by atoms with Gasteiger partial charge in [0.2, 0.25) is 0 Å². The maximum absolute atomic E-state index is 13.6. The number of benzene rings is 1. The van der Waals surface area contributed by atoms with Crippen molar-refractivity contribution in [1.82, 2.24) is 15.1 Å². The van der Waals surface area contributed by atoms with Crippen molar-refractivity contribution in [3.63, 3.8) is 0 Å². The third-order valence-corrected chi connectivity index (χ3v) is 4.54. The van der Waals surface area contributed by atoms with Gasteiger partial charge < -0.3 is 10.2 Å². The summed E-state index contributed by atoms with van der Waals surface area (Å²) in [4.78, 5) is 16.8. The molecule has 2 saturated heterocycles. The van der Waals surface area contributed by atoms with Crippen LogP contribution in [0.15, 0.2) is 18.2 Å². The molecule has 2 aliphatic rings. The van der Waals surface area contributed by atoms with E-state index >= 15 is 0 Å². The largest absolute Gasteiger partial charge is 0.337 e. The lowest BCUT2D eigenvalue weighted by Crippen LogP contribution is -2.49. The highest BCUT2D eigenvalue weighted by Gasteiger charge is 2.31. The van der Waals surface area contributed by atoms with Crippen molar-refractivity contribution in [3.05, 3.63) is 35.1 Å². The molecule has 4 nitrogen and oxygen atoms in total. The van der Waals surface area contributed by atoms with E-state index in [1.807, 2.05) is 4.90 Å². The number of amides is 1. The van der Waals surface area contributed by atoms with Gasteiger partial charge in [-0.15, -0.1) is 12.4 Å². The van der Waals surface area contributed by atoms with Crippen molar-refractivity contribution in [2.45, 2.75) is 19.4 Å². The van der Waals surface area contributed by atoms with Gasteiger partial charge in [-0.3, -0.25) is 9.69 Å². The fourth-order valence-electron chi connectivity index (χ4n) is 3.18. The van der Waals surface area contributed by atoms with Crippen LogP contribution in [0.2, 0.25) is 0 Å². The first-order valence-electron chi connectivity index (χ1n) is 7.65. The van der Waals surface area contributed by atoms with Gasteiger partial charge in [-0.2, -0.15) is 0 Å². The van der Waals surface area contributed by atoms with E-state index in [-0.39, 0.29) is 24.1 Å². The van der Waals surface area contributed by atoms with Crippen LogP contribution in [0, 0.1) is 12.7 Å². The van der Waals surface area contributed by atoms with E-state index in [2.05, 4.69) is 10.2 Å². The molecule has 1 unspecified atom stereocenters. The number of hydrogen-bond acceptors (Lipinski definition) is 3. The first kappa shape index (κ1) is 17.2. The van der Waals surface area contributed by atoms with Gasteiger partial charge in [-0.1, -0.05) is 6.07 Å². The van der Waals surface area contributed by atoms with Gasteiger partial charge in [-0.25, -0.2) is 4.39 Å². The first-order valence-corrected chi connectivity index (χ1v) is 7.65. The zero-order valence-corrected chi connectivity index (χ0v) is 13.7. The quantitative estimate of drug-likeness (QED) is 0.897. The molecule has 122 valence electrons. The van der Waals surface area contributed by atoms with Crippen LogP contribution < -0.4 is 5.32 Å². The molecule has 1 N–H and O–H groups in total. The number of nitrogens with one attached hydrogen (secondary N) is 1. The van der Waals surface area contributed by atoms with Crippen LogP contribution in [0.1, 0.15) is 22.3 Å². The molecule has 0 bridgehead atoms. The van der Waals surface area contributed by atoms with E-state index in [0.717, 1.165) is 45.7 Å². The number of hydrogen-bond donors (Lipinski definition) is 1. The van der Waals surface area contributed by atoms with E-state index in [1.165, 1.54) is 6.07 Å². The second-order valence-corrected chi connectivity index (χ2v) is 5.94. The standard InChI is InChI=1S/C16H22FN3O.ClH/c1-12-2-3-13(10-15(12)17)16(21)20-7-4-14(11-20)19-8-5-18-6-9-19;/h2-3,10,14,18H,4-9,11H2,1H3;1H. The summed E-state index contributed by atoms with van der Waals surface area (Å²) in [6, 6.07) is 5.20. The molecule has 1 amide bonds. The van der Waals surface area contributed by atoms with Crippen LogP contribution in [0.3, 0.4) is 0 Å². The second-order valence-electron chi connectivity index (χ2n) is 5.94. The summed E-state index contributed by atoms with van der Waals surface area (Å²) in [6.07, 6.45) is 1.01. The molecule has 3 rings (SSSR count). The summed E-state index contributed by atoms with van der Waals surface area (Å²) in [5.74, 6) is -0.356. The number of nitrogens with zero attached hydrogens (tertiary/aromatic N) is 2. The topological polar surface area (TPSA) is 35.6 Å². The third kappa shape index (κ3) is 3.59. The highest BCUT2D eigenvalue weighted by molar-refractivity contribution is 5.94. The number of aryl methyl sites for hydroxylation is 1. The fraction of sp³-hybridized carbons (Fsp3) is 0.562. The Hall–Kier alpha value is -1.17. The van der Waals surface area contributed by atoms with Crippen LogP contribution in [0.4, 0.5) is 4.39 Å². The van der Waals surface area contributed by atoms with Crippen molar-refractivity contribution in [2.24, 2.45) is 0 Å². The fourth-order valence-corrected chi connectivity index (χ4v) is 3.18. The minimum absolute atomic E-state index is 0. The molecule has 1 aromatic carbocycles. The van der Waals surface area contributed by atoms with Gasteiger partial charge in [0.15, 0.2) is 0 Å². The molecule has 1 aromatic rings. The Bertz CT molecular complexity index is 534. The summed E-state index contributed by atoms with van der Waals surface area (Å²) in [5.41, 5.74) is 1.03. The van der Waals surface area contributed by atoms with Crippen LogP contribution in [-0.2, 0) is 0 Å². The van der Waals surface area contributed by atoms with Gasteiger partial charge >= 0.3 is 0 Å². The van der Waals surface area contributed by atoms with E-state index in [1.54, 1.807) is 19.1 Å². The minimum atomic E-state index is -0.307. The Morgan fingerprint density at radius 3 is 2.68 bits per heavy atom. The lowest BCUT2D eigenvalue weighted by Gasteiger charge is -2.32. The SMILES string of the molecule is Cc1ccc(C(=O)N2CCC(N3CCNCC3)C2)cc1F.Cl. The molecular formula is C16H23ClFN3O. The Morgan fingerprint density at radius 2 is 2.00 bits per heavy atom. The molecule has 2 fully saturated rings. The molecule has 6 heteroatoms. The van der Waals surface area contributed by atoms with Crippen molar-refractivity contribution in [1.29, 1.82) is 0 Å². The van der Waals surface area contributed by atoms with E-state index in [9.17, 15) is 9.18 Å². The number of piperazine rings is 1. The van der Waals surface area contributed by atoms with Gasteiger partial charge in [0.05, 0.1) is 0 Å². The minimum Gasteiger partial charge on any atom is -0.337 e. The van der Waals surface area contributed by atoms with Crippen molar-refractivity contribution >= 4 is 18.3 Å². The van der Waals surface area contributed by atoms with Gasteiger partial charge in [-0.05, 0) is 31.0 Å². The second kappa shape index (κ2) is 7.40. The Morgan fingerprint density at radius 1 is 1.27 bits per heavy atom. The Kier molecular flexibility index (Phi) is 5.78. The summed E-state index contributed by atoms with van der Waals surface area (Å²) in [6.45, 7) is 7.37. The average Bonchev–Trinajstić information content (AvgIpc) is 3.00. The van der Waals surface area contributed by atoms with Crippen molar-refractivity contribution in [3.8, 4) is 0 Å². The van der Waals surface area contributed by atoms with E-state index in [4.69, 9.17) is 0 Å². The monoisotopic (exact) mass is 327 g/mol. The van der Waals surface area contributed by atoms with Crippen LogP contribution in [0.25, 0.3) is 0 Å². The lowest BCUT2D eigenvalue weighted by atomic mass is 10.1. The predicted octanol–water partition coefficient (Wildman–Crippen LogP) is 1.68. The highest BCUT2D eigenvalue weighted by atomic mass is 35.5. The van der Waals surface area contributed by atoms with Crippen molar-refractivity contribution < 1.29 is 9.18 Å². The number of likely N-dealkylation sites (tertiary alicyclic amines) is 1. The summed E-state index contributed by atoms with van der Waals surface area (Å²) in [7, 11) is 0. The number of rotatable bonds is 2. The summed E-state index contributed by atoms with van der Waals surface area (Å²) >= 11 is 0. The van der Waals surface area contributed by atoms with Crippen LogP contribution >= 0.6 is 12.4 Å². The van der Waals surface area contributed by atoms with Gasteiger partial charge in [0.1, 0.15) is 5.82 Å². The number of halogens is 2. The zero-order valence-electron chi connectivity index (χ0n) is 12.8. The van der Waals surface area contributed by atoms with Gasteiger partial charge in [0, 0.05) is 50.9 Å². The molecule has 22 heavy (non-hydrogen) atoms. The third-order valence-electron chi connectivity index (χ3n) is 4.54. The molecule has 0 aromatic heterocycles. The Balaban J connectivity index is 0.00000176. The molecule has 0 radical (unpaired) electrons. The van der Waals surface area contributed by atoms with Gasteiger partial charge in [0.25, 0.3) is 5.91 Å². The Labute approximate surface area is 137 Å². The molecule has 2 heterocycles. The molecule has 1 atom stereocenters. The normalized spacial score (nSPS) is 22.5. The molecule has 2 aliphatic heterocycles. The summed E-state index contributed by atoms with van der Waals surface area (Å²) in [5, 5.41) is 3.35. The number of carbonyl (C=O) groups excluding carboxylic acids is 1. The average molecular weight is 328 g/mol. The van der Waals surface area contributed by atoms with E-state index in [0.29, 0.717) is 17.2 Å². The number of carbonyl (C=O) groups is 1. The van der Waals surface area contributed by atoms with E-state index < -0.39 is 0 Å². The first-order chi connectivity index (χ1) is 10.1. The molecule has 0 saturated carbocycles. The molecule has 0 spiro atoms. The van der Waals surface area contributed by atoms with Crippen molar-refractivity contribution in [2.75, 3.05) is 39.3 Å². The maximum Gasteiger partial charge on any atom is 0.254 e. The molecular weight excluding hydrogens is 305 g/mol. The maximum atomic E-state index is 13.6. The van der Waals surface area contributed by atoms with Crippen LogP contribution in [0.5, 0.6) is 0 Å². The highest BCUT2D eigenvalue weighted by Crippen LogP contribution is 2.19. The summed E-state index contributed by atoms with van der Waals surface area (Å²) < 4.78 is 13.6.